The van der Waals surface area contributed by atoms with Gasteiger partial charge in [0.15, 0.2) is 0 Å². The van der Waals surface area contributed by atoms with Gasteiger partial charge in [-0.25, -0.2) is 0 Å². The minimum Gasteiger partial charge on any atom is -0.313 e. The van der Waals surface area contributed by atoms with E-state index in [0.717, 1.165) is 12.6 Å². The topological polar surface area (TPSA) is 24.1 Å². The molecule has 2 nitrogen and oxygen atoms in total. The molecule has 1 aliphatic rings. The van der Waals surface area contributed by atoms with Gasteiger partial charge in [0.2, 0.25) is 0 Å². The highest BCUT2D eigenvalue weighted by atomic mass is 15.0. The van der Waals surface area contributed by atoms with E-state index in [9.17, 15) is 0 Å². The van der Waals surface area contributed by atoms with Gasteiger partial charge >= 0.3 is 0 Å². The Morgan fingerprint density at radius 3 is 3.00 bits per heavy atom. The largest absolute Gasteiger partial charge is 0.313 e. The van der Waals surface area contributed by atoms with Crippen LogP contribution in [0.1, 0.15) is 39.5 Å². The molecule has 0 aromatic rings. The van der Waals surface area contributed by atoms with E-state index in [0.29, 0.717) is 6.04 Å². The Morgan fingerprint density at radius 2 is 2.42 bits per heavy atom. The summed E-state index contributed by atoms with van der Waals surface area (Å²) in [5.41, 5.74) is 0. The molecule has 2 heteroatoms. The van der Waals surface area contributed by atoms with Crippen LogP contribution in [0.25, 0.3) is 0 Å². The van der Waals surface area contributed by atoms with Crippen molar-refractivity contribution >= 4 is 0 Å². The lowest BCUT2D eigenvalue weighted by Crippen LogP contribution is -2.38. The molecule has 1 rings (SSSR count). The van der Waals surface area contributed by atoms with E-state index in [1.54, 1.807) is 0 Å². The highest BCUT2D eigenvalue weighted by Crippen LogP contribution is 2.04. The van der Waals surface area contributed by atoms with Crippen LogP contribution in [-0.2, 0) is 0 Å². The molecule has 1 aliphatic heterocycles. The van der Waals surface area contributed by atoms with Gasteiger partial charge in [-0.15, -0.1) is 0 Å². The zero-order valence-corrected chi connectivity index (χ0v) is 8.40. The lowest BCUT2D eigenvalue weighted by atomic mass is 10.1. The third-order valence-corrected chi connectivity index (χ3v) is 2.60. The molecule has 2 unspecified atom stereocenters. The third kappa shape index (κ3) is 3.55. The van der Waals surface area contributed by atoms with E-state index in [4.69, 9.17) is 0 Å². The van der Waals surface area contributed by atoms with Crippen molar-refractivity contribution in [3.8, 4) is 0 Å². The number of hydrogen-bond acceptors (Lipinski definition) is 2. The maximum absolute atomic E-state index is 3.56. The summed E-state index contributed by atoms with van der Waals surface area (Å²) < 4.78 is 0. The van der Waals surface area contributed by atoms with Crippen molar-refractivity contribution in [3.05, 3.63) is 0 Å². The second-order valence-corrected chi connectivity index (χ2v) is 3.89. The maximum Gasteiger partial charge on any atom is 0.0193 e. The van der Waals surface area contributed by atoms with Gasteiger partial charge in [-0.1, -0.05) is 13.3 Å². The molecule has 2 N–H and O–H groups in total. The smallest absolute Gasteiger partial charge is 0.0193 e. The van der Waals surface area contributed by atoms with Crippen LogP contribution < -0.4 is 10.6 Å². The zero-order valence-electron chi connectivity index (χ0n) is 8.40. The van der Waals surface area contributed by atoms with E-state index in [1.807, 2.05) is 0 Å². The predicted octanol–water partition coefficient (Wildman–Crippen LogP) is 1.52. The van der Waals surface area contributed by atoms with Crippen LogP contribution in [0.15, 0.2) is 0 Å². The first-order valence-electron chi connectivity index (χ1n) is 5.29. The molecule has 1 heterocycles. The molecule has 0 amide bonds. The zero-order chi connectivity index (χ0) is 8.81. The van der Waals surface area contributed by atoms with Crippen LogP contribution in [0, 0.1) is 0 Å². The molecule has 72 valence electrons. The fraction of sp³-hybridized carbons (Fsp3) is 1.00. The van der Waals surface area contributed by atoms with Crippen LogP contribution >= 0.6 is 0 Å². The molecule has 0 bridgehead atoms. The summed E-state index contributed by atoms with van der Waals surface area (Å²) in [6.45, 7) is 6.89. The molecule has 0 aromatic carbocycles. The van der Waals surface area contributed by atoms with Gasteiger partial charge in [0, 0.05) is 18.6 Å². The normalized spacial score (nSPS) is 26.0. The Balaban J connectivity index is 1.99. The third-order valence-electron chi connectivity index (χ3n) is 2.60. The summed E-state index contributed by atoms with van der Waals surface area (Å²) in [5.74, 6) is 0. The molecular weight excluding hydrogens is 148 g/mol. The fourth-order valence-electron chi connectivity index (χ4n) is 1.81. The van der Waals surface area contributed by atoms with Crippen molar-refractivity contribution in [1.82, 2.24) is 10.6 Å². The van der Waals surface area contributed by atoms with E-state index in [1.165, 1.54) is 32.2 Å². The van der Waals surface area contributed by atoms with E-state index in [-0.39, 0.29) is 0 Å². The van der Waals surface area contributed by atoms with Crippen molar-refractivity contribution < 1.29 is 0 Å². The van der Waals surface area contributed by atoms with Crippen molar-refractivity contribution in [3.63, 3.8) is 0 Å². The summed E-state index contributed by atoms with van der Waals surface area (Å²) in [6, 6.07) is 1.43. The molecule has 2 atom stereocenters. The van der Waals surface area contributed by atoms with E-state index in [2.05, 4.69) is 24.5 Å². The average molecular weight is 170 g/mol. The molecule has 0 saturated carbocycles. The number of rotatable bonds is 5. The highest BCUT2D eigenvalue weighted by Gasteiger charge is 2.13. The minimum absolute atomic E-state index is 0.692. The quantitative estimate of drug-likeness (QED) is 0.653. The van der Waals surface area contributed by atoms with Gasteiger partial charge in [-0.05, 0) is 32.7 Å². The molecular formula is C10H22N2. The summed E-state index contributed by atoms with van der Waals surface area (Å²) in [4.78, 5) is 0. The van der Waals surface area contributed by atoms with Crippen LogP contribution in [0.3, 0.4) is 0 Å². The lowest BCUT2D eigenvalue weighted by molar-refractivity contribution is 0.458. The fourth-order valence-corrected chi connectivity index (χ4v) is 1.81. The van der Waals surface area contributed by atoms with Crippen molar-refractivity contribution in [2.75, 3.05) is 13.1 Å². The summed E-state index contributed by atoms with van der Waals surface area (Å²) >= 11 is 0. The number of hydrogen-bond donors (Lipinski definition) is 2. The molecule has 0 aromatic heterocycles. The molecule has 1 fully saturated rings. The van der Waals surface area contributed by atoms with Gasteiger partial charge in [-0.3, -0.25) is 0 Å². The van der Waals surface area contributed by atoms with Gasteiger partial charge in [0.25, 0.3) is 0 Å². The molecule has 0 radical (unpaired) electrons. The molecule has 1 saturated heterocycles. The summed E-state index contributed by atoms with van der Waals surface area (Å²) in [7, 11) is 0. The van der Waals surface area contributed by atoms with Gasteiger partial charge < -0.3 is 10.6 Å². The van der Waals surface area contributed by atoms with Crippen molar-refractivity contribution in [1.29, 1.82) is 0 Å². The van der Waals surface area contributed by atoms with Crippen LogP contribution in [-0.4, -0.2) is 25.2 Å². The van der Waals surface area contributed by atoms with Gasteiger partial charge in [0.05, 0.1) is 0 Å². The highest BCUT2D eigenvalue weighted by molar-refractivity contribution is 4.77. The minimum atomic E-state index is 0.692. The Hall–Kier alpha value is -0.0800. The number of nitrogens with one attached hydrogen (secondary N) is 2. The first-order valence-corrected chi connectivity index (χ1v) is 5.29. The SMILES string of the molecule is CCCC(C)NCC1CCCN1. The molecule has 0 spiro atoms. The molecule has 12 heavy (non-hydrogen) atoms. The Bertz CT molecular complexity index is 108. The Kier molecular flexibility index (Phi) is 4.62. The predicted molar refractivity (Wildman–Crippen MR) is 53.4 cm³/mol. The molecule has 0 aliphatic carbocycles. The Labute approximate surface area is 76.1 Å². The average Bonchev–Trinajstić information content (AvgIpc) is 2.53. The van der Waals surface area contributed by atoms with Gasteiger partial charge in [0.1, 0.15) is 0 Å². The first-order chi connectivity index (χ1) is 5.83. The van der Waals surface area contributed by atoms with E-state index >= 15 is 0 Å². The van der Waals surface area contributed by atoms with Crippen molar-refractivity contribution in [2.45, 2.75) is 51.6 Å². The van der Waals surface area contributed by atoms with Crippen LogP contribution in [0.4, 0.5) is 0 Å². The standard InChI is InChI=1S/C10H22N2/c1-3-5-9(2)12-8-10-6-4-7-11-10/h9-12H,3-8H2,1-2H3. The van der Waals surface area contributed by atoms with Gasteiger partial charge in [-0.2, -0.15) is 0 Å². The van der Waals surface area contributed by atoms with Crippen LogP contribution in [0.2, 0.25) is 0 Å². The first kappa shape index (κ1) is 10.0. The second-order valence-electron chi connectivity index (χ2n) is 3.89. The van der Waals surface area contributed by atoms with Crippen molar-refractivity contribution in [2.24, 2.45) is 0 Å². The summed E-state index contributed by atoms with van der Waals surface area (Å²) in [6.07, 6.45) is 5.29. The Morgan fingerprint density at radius 1 is 1.58 bits per heavy atom. The van der Waals surface area contributed by atoms with Crippen LogP contribution in [0.5, 0.6) is 0 Å². The summed E-state index contributed by atoms with van der Waals surface area (Å²) in [5, 5.41) is 7.05. The lowest BCUT2D eigenvalue weighted by Gasteiger charge is -2.16. The monoisotopic (exact) mass is 170 g/mol. The maximum atomic E-state index is 3.56. The second kappa shape index (κ2) is 5.55. The van der Waals surface area contributed by atoms with E-state index < -0.39 is 0 Å².